The van der Waals surface area contributed by atoms with Crippen LogP contribution >= 0.6 is 24.8 Å². The van der Waals surface area contributed by atoms with E-state index in [1.54, 1.807) is 0 Å². The second-order valence-corrected chi connectivity index (χ2v) is 3.16. The van der Waals surface area contributed by atoms with Crippen molar-refractivity contribution in [2.75, 3.05) is 26.2 Å². The van der Waals surface area contributed by atoms with Crippen LogP contribution in [0.4, 0.5) is 4.39 Å². The van der Waals surface area contributed by atoms with Gasteiger partial charge in [-0.1, -0.05) is 0 Å². The van der Waals surface area contributed by atoms with Gasteiger partial charge in [-0.2, -0.15) is 0 Å². The Balaban J connectivity index is 0. The minimum absolute atomic E-state index is 0. The van der Waals surface area contributed by atoms with E-state index in [2.05, 4.69) is 4.90 Å². The van der Waals surface area contributed by atoms with Gasteiger partial charge < -0.3 is 10.6 Å². The average Bonchev–Trinajstić information content (AvgIpc) is 2.04. The highest BCUT2D eigenvalue weighted by atomic mass is 35.5. The number of hydrogen-bond donors (Lipinski definition) is 1. The lowest BCUT2D eigenvalue weighted by atomic mass is 10.1. The fourth-order valence-corrected chi connectivity index (χ4v) is 1.44. The molecular weight excluding hydrogens is 214 g/mol. The molecule has 0 amide bonds. The standard InChI is InChI=1S/C8H17FN2.2ClH/c9-8-2-6-11(7-3-8)5-1-4-10;;/h8H,1-7,10H2;2*1H. The molecule has 0 aromatic carbocycles. The Morgan fingerprint density at radius 1 is 1.23 bits per heavy atom. The first-order chi connectivity index (χ1) is 5.33. The minimum atomic E-state index is -0.552. The maximum atomic E-state index is 12.6. The van der Waals surface area contributed by atoms with Gasteiger partial charge in [0.1, 0.15) is 6.17 Å². The van der Waals surface area contributed by atoms with E-state index in [1.165, 1.54) is 0 Å². The molecule has 13 heavy (non-hydrogen) atoms. The first kappa shape index (κ1) is 15.9. The van der Waals surface area contributed by atoms with Crippen molar-refractivity contribution in [1.82, 2.24) is 4.90 Å². The molecule has 1 aliphatic heterocycles. The van der Waals surface area contributed by atoms with E-state index in [9.17, 15) is 4.39 Å². The quantitative estimate of drug-likeness (QED) is 0.802. The van der Waals surface area contributed by atoms with Gasteiger partial charge in [-0.25, -0.2) is 4.39 Å². The molecule has 0 radical (unpaired) electrons. The summed E-state index contributed by atoms with van der Waals surface area (Å²) in [6.07, 6.45) is 1.91. The second-order valence-electron chi connectivity index (χ2n) is 3.16. The van der Waals surface area contributed by atoms with Crippen LogP contribution in [0.3, 0.4) is 0 Å². The van der Waals surface area contributed by atoms with Gasteiger partial charge in [0.15, 0.2) is 0 Å². The molecule has 1 saturated heterocycles. The Kier molecular flexibility index (Phi) is 11.0. The highest BCUT2D eigenvalue weighted by molar-refractivity contribution is 5.85. The van der Waals surface area contributed by atoms with Crippen molar-refractivity contribution in [1.29, 1.82) is 0 Å². The maximum Gasteiger partial charge on any atom is 0.103 e. The third-order valence-corrected chi connectivity index (χ3v) is 2.20. The number of likely N-dealkylation sites (tertiary alicyclic amines) is 1. The van der Waals surface area contributed by atoms with Crippen molar-refractivity contribution in [2.24, 2.45) is 5.73 Å². The lowest BCUT2D eigenvalue weighted by Crippen LogP contribution is -2.35. The van der Waals surface area contributed by atoms with Gasteiger partial charge in [-0.15, -0.1) is 24.8 Å². The molecule has 5 heteroatoms. The zero-order chi connectivity index (χ0) is 8.10. The molecule has 1 aliphatic rings. The molecular formula is C8H19Cl2FN2. The largest absolute Gasteiger partial charge is 0.330 e. The van der Waals surface area contributed by atoms with Crippen LogP contribution < -0.4 is 5.73 Å². The van der Waals surface area contributed by atoms with Gasteiger partial charge in [0.2, 0.25) is 0 Å². The van der Waals surface area contributed by atoms with Gasteiger partial charge >= 0.3 is 0 Å². The third kappa shape index (κ3) is 6.49. The Morgan fingerprint density at radius 3 is 2.23 bits per heavy atom. The molecule has 0 spiro atoms. The van der Waals surface area contributed by atoms with E-state index in [4.69, 9.17) is 5.73 Å². The molecule has 1 heterocycles. The smallest absolute Gasteiger partial charge is 0.103 e. The monoisotopic (exact) mass is 232 g/mol. The Hall–Kier alpha value is 0.430. The summed E-state index contributed by atoms with van der Waals surface area (Å²) >= 11 is 0. The maximum absolute atomic E-state index is 12.6. The summed E-state index contributed by atoms with van der Waals surface area (Å²) in [4.78, 5) is 2.29. The van der Waals surface area contributed by atoms with Gasteiger partial charge in [-0.05, 0) is 32.4 Å². The zero-order valence-corrected chi connectivity index (χ0v) is 9.38. The highest BCUT2D eigenvalue weighted by Crippen LogP contribution is 2.12. The second kappa shape index (κ2) is 9.00. The van der Waals surface area contributed by atoms with Crippen LogP contribution in [-0.2, 0) is 0 Å². The Bertz CT molecular complexity index is 106. The van der Waals surface area contributed by atoms with Crippen molar-refractivity contribution < 1.29 is 4.39 Å². The van der Waals surface area contributed by atoms with Crippen LogP contribution in [0.2, 0.25) is 0 Å². The van der Waals surface area contributed by atoms with Crippen molar-refractivity contribution >= 4 is 24.8 Å². The van der Waals surface area contributed by atoms with Crippen molar-refractivity contribution in [2.45, 2.75) is 25.4 Å². The molecule has 82 valence electrons. The summed E-state index contributed by atoms with van der Waals surface area (Å²) in [5.41, 5.74) is 5.37. The Morgan fingerprint density at radius 2 is 1.77 bits per heavy atom. The van der Waals surface area contributed by atoms with E-state index in [-0.39, 0.29) is 24.8 Å². The first-order valence-electron chi connectivity index (χ1n) is 4.39. The number of halogens is 3. The van der Waals surface area contributed by atoms with Crippen LogP contribution in [0.5, 0.6) is 0 Å². The van der Waals surface area contributed by atoms with Crippen molar-refractivity contribution in [3.63, 3.8) is 0 Å². The van der Waals surface area contributed by atoms with Crippen molar-refractivity contribution in [3.05, 3.63) is 0 Å². The molecule has 0 aromatic rings. The number of piperidine rings is 1. The molecule has 1 rings (SSSR count). The molecule has 0 unspecified atom stereocenters. The van der Waals surface area contributed by atoms with Crippen LogP contribution in [0.25, 0.3) is 0 Å². The summed E-state index contributed by atoms with van der Waals surface area (Å²) in [6, 6.07) is 0. The third-order valence-electron chi connectivity index (χ3n) is 2.20. The van der Waals surface area contributed by atoms with Crippen LogP contribution in [0.1, 0.15) is 19.3 Å². The number of hydrogen-bond acceptors (Lipinski definition) is 2. The minimum Gasteiger partial charge on any atom is -0.330 e. The predicted molar refractivity (Wildman–Crippen MR) is 58.7 cm³/mol. The van der Waals surface area contributed by atoms with E-state index >= 15 is 0 Å². The summed E-state index contributed by atoms with van der Waals surface area (Å²) in [5.74, 6) is 0. The van der Waals surface area contributed by atoms with E-state index in [1.807, 2.05) is 0 Å². The average molecular weight is 233 g/mol. The van der Waals surface area contributed by atoms with Crippen molar-refractivity contribution in [3.8, 4) is 0 Å². The fourth-order valence-electron chi connectivity index (χ4n) is 1.44. The number of nitrogens with two attached hydrogens (primary N) is 1. The molecule has 0 atom stereocenters. The molecule has 0 bridgehead atoms. The van der Waals surface area contributed by atoms with Gasteiger partial charge in [0.25, 0.3) is 0 Å². The Labute approximate surface area is 91.9 Å². The molecule has 1 fully saturated rings. The summed E-state index contributed by atoms with van der Waals surface area (Å²) in [7, 11) is 0. The summed E-state index contributed by atoms with van der Waals surface area (Å²) < 4.78 is 12.6. The molecule has 0 saturated carbocycles. The van der Waals surface area contributed by atoms with E-state index in [0.29, 0.717) is 12.8 Å². The fraction of sp³-hybridized carbons (Fsp3) is 1.00. The SMILES string of the molecule is Cl.Cl.NCCCN1CCC(F)CC1. The summed E-state index contributed by atoms with van der Waals surface area (Å²) in [6.45, 7) is 3.63. The highest BCUT2D eigenvalue weighted by Gasteiger charge is 2.16. The lowest BCUT2D eigenvalue weighted by Gasteiger charge is -2.28. The van der Waals surface area contributed by atoms with Crippen LogP contribution in [0, 0.1) is 0 Å². The topological polar surface area (TPSA) is 29.3 Å². The van der Waals surface area contributed by atoms with Crippen LogP contribution in [-0.4, -0.2) is 37.3 Å². The number of rotatable bonds is 3. The predicted octanol–water partition coefficient (Wildman–Crippen LogP) is 1.61. The van der Waals surface area contributed by atoms with Crippen LogP contribution in [0.15, 0.2) is 0 Å². The van der Waals surface area contributed by atoms with Gasteiger partial charge in [-0.3, -0.25) is 0 Å². The van der Waals surface area contributed by atoms with E-state index < -0.39 is 6.17 Å². The zero-order valence-electron chi connectivity index (χ0n) is 7.75. The molecule has 2 nitrogen and oxygen atoms in total. The van der Waals surface area contributed by atoms with Gasteiger partial charge in [0.05, 0.1) is 0 Å². The first-order valence-corrected chi connectivity index (χ1v) is 4.39. The normalized spacial score (nSPS) is 18.9. The lowest BCUT2D eigenvalue weighted by molar-refractivity contribution is 0.150. The van der Waals surface area contributed by atoms with E-state index in [0.717, 1.165) is 32.6 Å². The molecule has 0 aromatic heterocycles. The molecule has 0 aliphatic carbocycles. The van der Waals surface area contributed by atoms with Gasteiger partial charge in [0, 0.05) is 13.1 Å². The number of alkyl halides is 1. The number of nitrogens with zero attached hydrogens (tertiary/aromatic N) is 1. The summed E-state index contributed by atoms with van der Waals surface area (Å²) in [5, 5.41) is 0. The molecule has 2 N–H and O–H groups in total.